The van der Waals surface area contributed by atoms with Crippen molar-refractivity contribution in [1.82, 2.24) is 0 Å². The number of ether oxygens (including phenoxy) is 3. The van der Waals surface area contributed by atoms with Gasteiger partial charge in [0.25, 0.3) is 0 Å². The molecule has 7 heteroatoms. The maximum absolute atomic E-state index is 12.5. The fourth-order valence-electron chi connectivity index (χ4n) is 3.41. The normalized spacial score (nSPS) is 37.8. The van der Waals surface area contributed by atoms with Gasteiger partial charge >= 0.3 is 11.9 Å². The standard InChI is InChI=1S/C20H22O7/c1-6-9(2)18(23)26-16-15-11(4)19(24)25-13(15)7-10(3)12-8-14(21)20(5,27-12)17(16)22/h6-8,13,15-17,22H,4H2,1-3,5H3/b9-6-,10-7-/t13-,15-,16-,17+,20-/m0/s1. The molecule has 0 radical (unpaired) electrons. The summed E-state index contributed by atoms with van der Waals surface area (Å²) in [6.07, 6.45) is 0.871. The average molecular weight is 374 g/mol. The van der Waals surface area contributed by atoms with Crippen molar-refractivity contribution in [2.24, 2.45) is 5.92 Å². The third kappa shape index (κ3) is 2.92. The van der Waals surface area contributed by atoms with Crippen molar-refractivity contribution in [3.8, 4) is 0 Å². The van der Waals surface area contributed by atoms with E-state index in [0.29, 0.717) is 11.1 Å². The molecule has 3 aliphatic rings. The van der Waals surface area contributed by atoms with Crippen molar-refractivity contribution in [3.63, 3.8) is 0 Å². The average Bonchev–Trinajstić information content (AvgIpc) is 3.08. The first-order valence-corrected chi connectivity index (χ1v) is 8.65. The molecule has 3 heterocycles. The van der Waals surface area contributed by atoms with Gasteiger partial charge in [-0.2, -0.15) is 0 Å². The van der Waals surface area contributed by atoms with Crippen LogP contribution in [0.1, 0.15) is 27.7 Å². The predicted octanol–water partition coefficient (Wildman–Crippen LogP) is 1.52. The summed E-state index contributed by atoms with van der Waals surface area (Å²) in [5, 5.41) is 11.0. The number of carbonyl (C=O) groups excluding carboxylic acids is 3. The number of rotatable bonds is 2. The number of hydrogen-bond donors (Lipinski definition) is 1. The van der Waals surface area contributed by atoms with E-state index in [1.807, 2.05) is 0 Å². The van der Waals surface area contributed by atoms with Gasteiger partial charge in [-0.15, -0.1) is 0 Å². The number of ketones is 1. The summed E-state index contributed by atoms with van der Waals surface area (Å²) in [7, 11) is 0. The van der Waals surface area contributed by atoms with Gasteiger partial charge in [0.05, 0.1) is 5.92 Å². The number of allylic oxidation sites excluding steroid dienone is 2. The van der Waals surface area contributed by atoms with Crippen molar-refractivity contribution >= 4 is 17.7 Å². The molecule has 0 aliphatic carbocycles. The van der Waals surface area contributed by atoms with Crippen molar-refractivity contribution < 1.29 is 33.7 Å². The molecular weight excluding hydrogens is 352 g/mol. The summed E-state index contributed by atoms with van der Waals surface area (Å²) in [4.78, 5) is 37.1. The first-order valence-electron chi connectivity index (χ1n) is 8.65. The molecule has 0 aromatic carbocycles. The number of aliphatic hydroxyl groups is 1. The smallest absolute Gasteiger partial charge is 0.334 e. The van der Waals surface area contributed by atoms with Crippen LogP contribution in [0.3, 0.4) is 0 Å². The minimum atomic E-state index is -1.65. The maximum Gasteiger partial charge on any atom is 0.334 e. The van der Waals surface area contributed by atoms with Crippen LogP contribution in [0.4, 0.5) is 0 Å². The molecule has 5 atom stereocenters. The van der Waals surface area contributed by atoms with Gasteiger partial charge in [0.2, 0.25) is 5.78 Å². The van der Waals surface area contributed by atoms with Gasteiger partial charge in [-0.05, 0) is 39.3 Å². The molecule has 27 heavy (non-hydrogen) atoms. The largest absolute Gasteiger partial charge is 0.476 e. The van der Waals surface area contributed by atoms with Crippen molar-refractivity contribution in [2.75, 3.05) is 0 Å². The molecule has 2 bridgehead atoms. The second-order valence-corrected chi connectivity index (χ2v) is 7.14. The molecule has 1 saturated heterocycles. The Labute approximate surface area is 157 Å². The molecule has 0 unspecified atom stereocenters. The van der Waals surface area contributed by atoms with Gasteiger partial charge in [-0.1, -0.05) is 12.7 Å². The van der Waals surface area contributed by atoms with E-state index >= 15 is 0 Å². The van der Waals surface area contributed by atoms with E-state index in [0.717, 1.165) is 0 Å². The molecule has 144 valence electrons. The highest BCUT2D eigenvalue weighted by molar-refractivity contribution is 6.00. The van der Waals surface area contributed by atoms with Crippen LogP contribution in [0, 0.1) is 5.92 Å². The number of esters is 2. The highest BCUT2D eigenvalue weighted by Gasteiger charge is 2.57. The highest BCUT2D eigenvalue weighted by Crippen LogP contribution is 2.42. The Kier molecular flexibility index (Phi) is 4.59. The van der Waals surface area contributed by atoms with Gasteiger partial charge in [0, 0.05) is 17.2 Å². The van der Waals surface area contributed by atoms with E-state index in [4.69, 9.17) is 14.2 Å². The van der Waals surface area contributed by atoms with Gasteiger partial charge < -0.3 is 19.3 Å². The molecule has 0 aromatic rings. The molecule has 3 aliphatic heterocycles. The second kappa shape index (κ2) is 6.49. The van der Waals surface area contributed by atoms with Crippen LogP contribution >= 0.6 is 0 Å². The lowest BCUT2D eigenvalue weighted by atomic mass is 9.80. The van der Waals surface area contributed by atoms with E-state index in [-0.39, 0.29) is 11.3 Å². The zero-order valence-corrected chi connectivity index (χ0v) is 15.6. The molecule has 0 spiro atoms. The molecule has 0 saturated carbocycles. The highest BCUT2D eigenvalue weighted by atomic mass is 16.6. The zero-order chi connectivity index (χ0) is 20.1. The summed E-state index contributed by atoms with van der Waals surface area (Å²) in [5.41, 5.74) is -0.681. The van der Waals surface area contributed by atoms with Crippen molar-refractivity contribution in [1.29, 1.82) is 0 Å². The van der Waals surface area contributed by atoms with Crippen LogP contribution in [-0.2, 0) is 28.6 Å². The number of fused-ring (bicyclic) bond motifs is 3. The first-order chi connectivity index (χ1) is 12.6. The monoisotopic (exact) mass is 374 g/mol. The maximum atomic E-state index is 12.5. The second-order valence-electron chi connectivity index (χ2n) is 7.14. The van der Waals surface area contributed by atoms with Gasteiger partial charge in [0.15, 0.2) is 5.60 Å². The van der Waals surface area contributed by atoms with E-state index < -0.39 is 47.6 Å². The summed E-state index contributed by atoms with van der Waals surface area (Å²) in [6, 6.07) is 0. The van der Waals surface area contributed by atoms with E-state index in [2.05, 4.69) is 6.58 Å². The summed E-state index contributed by atoms with van der Waals surface area (Å²) in [5.74, 6) is -2.32. The summed E-state index contributed by atoms with van der Waals surface area (Å²) in [6.45, 7) is 10.1. The minimum absolute atomic E-state index is 0.0711. The summed E-state index contributed by atoms with van der Waals surface area (Å²) < 4.78 is 16.6. The molecule has 7 nitrogen and oxygen atoms in total. The Morgan fingerprint density at radius 3 is 2.70 bits per heavy atom. The van der Waals surface area contributed by atoms with Crippen molar-refractivity contribution in [2.45, 2.75) is 51.6 Å². The number of carbonyl (C=O) groups is 3. The Bertz CT molecular complexity index is 831. The predicted molar refractivity (Wildman–Crippen MR) is 94.2 cm³/mol. The lowest BCUT2D eigenvalue weighted by Crippen LogP contribution is -2.55. The van der Waals surface area contributed by atoms with Gasteiger partial charge in [0.1, 0.15) is 24.1 Å². The number of hydrogen-bond acceptors (Lipinski definition) is 7. The lowest BCUT2D eigenvalue weighted by molar-refractivity contribution is -0.175. The van der Waals surface area contributed by atoms with Crippen LogP contribution in [0.25, 0.3) is 0 Å². The molecule has 3 rings (SSSR count). The Morgan fingerprint density at radius 1 is 1.41 bits per heavy atom. The third-order valence-corrected chi connectivity index (χ3v) is 5.37. The minimum Gasteiger partial charge on any atom is -0.476 e. The van der Waals surface area contributed by atoms with Crippen molar-refractivity contribution in [3.05, 3.63) is 47.3 Å². The fraction of sp³-hybridized carbons (Fsp3) is 0.450. The molecule has 1 fully saturated rings. The Balaban J connectivity index is 2.12. The van der Waals surface area contributed by atoms with E-state index in [1.54, 1.807) is 32.9 Å². The third-order valence-electron chi connectivity index (χ3n) is 5.37. The molecular formula is C20H22O7. The van der Waals surface area contributed by atoms with Crippen LogP contribution in [-0.4, -0.2) is 46.7 Å². The zero-order valence-electron chi connectivity index (χ0n) is 15.6. The van der Waals surface area contributed by atoms with E-state index in [1.165, 1.54) is 13.0 Å². The van der Waals surface area contributed by atoms with Crippen LogP contribution in [0.2, 0.25) is 0 Å². The molecule has 0 aromatic heterocycles. The van der Waals surface area contributed by atoms with Crippen LogP contribution in [0.15, 0.2) is 47.3 Å². The van der Waals surface area contributed by atoms with Gasteiger partial charge in [-0.3, -0.25) is 4.79 Å². The van der Waals surface area contributed by atoms with Crippen LogP contribution < -0.4 is 0 Å². The number of aliphatic hydroxyl groups excluding tert-OH is 1. The topological polar surface area (TPSA) is 99.1 Å². The van der Waals surface area contributed by atoms with E-state index in [9.17, 15) is 19.5 Å². The van der Waals surface area contributed by atoms with Gasteiger partial charge in [-0.25, -0.2) is 9.59 Å². The van der Waals surface area contributed by atoms with Crippen LogP contribution in [0.5, 0.6) is 0 Å². The molecule has 1 N–H and O–H groups in total. The SMILES string of the molecule is C=C1C(=O)O[C@H]2/C=C(/C)C3=CC(=O)[C@](C)(O3)[C@H](O)[C@@H](OC(=O)/C(C)=C\C)[C@@H]12. The fourth-order valence-corrected chi connectivity index (χ4v) is 3.41. The molecule has 0 amide bonds. The summed E-state index contributed by atoms with van der Waals surface area (Å²) >= 11 is 0. The lowest BCUT2D eigenvalue weighted by Gasteiger charge is -2.36. The Morgan fingerprint density at radius 2 is 2.07 bits per heavy atom. The Hall–Kier alpha value is -2.67. The quantitative estimate of drug-likeness (QED) is 0.578. The first kappa shape index (κ1) is 19.1.